The Morgan fingerprint density at radius 3 is 2.69 bits per heavy atom. The van der Waals surface area contributed by atoms with Crippen LogP contribution in [0.5, 0.6) is 0 Å². The second-order valence-corrected chi connectivity index (χ2v) is 4.62. The van der Waals surface area contributed by atoms with Crippen LogP contribution >= 0.6 is 0 Å². The van der Waals surface area contributed by atoms with Crippen molar-refractivity contribution in [3.8, 4) is 0 Å². The molecule has 0 spiro atoms. The van der Waals surface area contributed by atoms with Gasteiger partial charge in [-0.1, -0.05) is 46.9 Å². The van der Waals surface area contributed by atoms with Gasteiger partial charge in [-0.15, -0.1) is 0 Å². The predicted molar refractivity (Wildman–Crippen MR) is 72.2 cm³/mol. The van der Waals surface area contributed by atoms with Crippen molar-refractivity contribution < 1.29 is 4.48 Å². The van der Waals surface area contributed by atoms with Gasteiger partial charge in [-0.25, -0.2) is 0 Å². The van der Waals surface area contributed by atoms with E-state index in [1.54, 1.807) is 0 Å². The van der Waals surface area contributed by atoms with E-state index in [4.69, 9.17) is 0 Å². The Bertz CT molecular complexity index is 286. The van der Waals surface area contributed by atoms with E-state index in [9.17, 15) is 0 Å². The summed E-state index contributed by atoms with van der Waals surface area (Å²) in [6, 6.07) is 0. The van der Waals surface area contributed by atoms with Crippen LogP contribution in [0.3, 0.4) is 0 Å². The van der Waals surface area contributed by atoms with Crippen LogP contribution in [-0.4, -0.2) is 18.7 Å². The molecule has 0 aliphatic carbocycles. The van der Waals surface area contributed by atoms with Crippen molar-refractivity contribution in [2.24, 2.45) is 0 Å². The van der Waals surface area contributed by atoms with Gasteiger partial charge in [-0.05, 0) is 0 Å². The zero-order chi connectivity index (χ0) is 11.8. The fraction of sp³-hybridized carbons (Fsp3) is 0.750. The smallest absolute Gasteiger partial charge is 0.142 e. The van der Waals surface area contributed by atoms with Gasteiger partial charge < -0.3 is 8.96 Å². The molecule has 1 aromatic rings. The molecule has 1 heterocycles. The van der Waals surface area contributed by atoms with Crippen LogP contribution in [0.2, 0.25) is 19.5 Å². The van der Waals surface area contributed by atoms with Crippen LogP contribution in [0.25, 0.3) is 0 Å². The van der Waals surface area contributed by atoms with Gasteiger partial charge in [-0.3, -0.25) is 0 Å². The van der Waals surface area contributed by atoms with Crippen molar-refractivity contribution in [1.29, 1.82) is 0 Å². The molecule has 3 radical (unpaired) electrons. The maximum absolute atomic E-state index is 2.32. The third-order valence-corrected chi connectivity index (χ3v) is 3.06. The Kier molecular flexibility index (Phi) is 6.36. The van der Waals surface area contributed by atoms with E-state index in [1.165, 1.54) is 38.3 Å². The molecular weight excluding hydrogens is 194 g/mol. The Morgan fingerprint density at radius 1 is 1.25 bits per heavy atom. The number of aromatic nitrogens is 2. The summed E-state index contributed by atoms with van der Waals surface area (Å²) in [6.45, 7) is 7.41. The lowest BCUT2D eigenvalue weighted by Gasteiger charge is -2.17. The molecule has 4 heteroatoms. The van der Waals surface area contributed by atoms with Gasteiger partial charge in [0.25, 0.3) is 0 Å². The van der Waals surface area contributed by atoms with Gasteiger partial charge in [0, 0.05) is 0 Å². The molecule has 0 saturated carbocycles. The summed E-state index contributed by atoms with van der Waals surface area (Å²) in [5, 5.41) is 0. The van der Waals surface area contributed by atoms with Crippen molar-refractivity contribution in [3.63, 3.8) is 0 Å². The third-order valence-electron chi connectivity index (χ3n) is 3.06. The first-order chi connectivity index (χ1) is 7.77. The summed E-state index contributed by atoms with van der Waals surface area (Å²) >= 11 is 0. The van der Waals surface area contributed by atoms with E-state index >= 15 is 0 Å². The third kappa shape index (κ3) is 4.46. The summed E-state index contributed by atoms with van der Waals surface area (Å²) in [7, 11) is 2.27. The summed E-state index contributed by atoms with van der Waals surface area (Å²) in [6.07, 6.45) is 14.1. The minimum Gasteiger partial charge on any atom is -0.500 e. The van der Waals surface area contributed by atoms with Crippen molar-refractivity contribution in [2.75, 3.05) is 0 Å². The summed E-state index contributed by atoms with van der Waals surface area (Å²) in [5.41, 5.74) is 0. The highest BCUT2D eigenvalue weighted by Gasteiger charge is 1.99. The molecule has 89 valence electrons. The highest BCUT2D eigenvalue weighted by atomic mass is 15.0. The fourth-order valence-corrected chi connectivity index (χ4v) is 1.85. The molecule has 0 saturated heterocycles. The van der Waals surface area contributed by atoms with Crippen LogP contribution < -0.4 is 4.48 Å². The predicted octanol–water partition coefficient (Wildman–Crippen LogP) is 2.73. The SMILES string of the molecule is CCCC[B-][n+]1ccn([B-](C)CCCC)c1. The minimum atomic E-state index is 0.626. The lowest BCUT2D eigenvalue weighted by Crippen LogP contribution is -2.38. The maximum atomic E-state index is 2.32. The molecule has 0 aromatic carbocycles. The fourth-order valence-electron chi connectivity index (χ4n) is 1.85. The standard InChI is InChI=1S/C12H24B2N2/c1-4-6-8-13-15-10-11-16(12-15)14(3)9-7-5-2/h10-12H,4-9H2,1-3H3/q-1. The molecule has 0 unspecified atom stereocenters. The molecule has 0 fully saturated rings. The van der Waals surface area contributed by atoms with Crippen molar-refractivity contribution in [3.05, 3.63) is 18.7 Å². The Morgan fingerprint density at radius 2 is 2.00 bits per heavy atom. The number of unbranched alkanes of at least 4 members (excludes halogenated alkanes) is 2. The monoisotopic (exact) mass is 218 g/mol. The molecule has 16 heavy (non-hydrogen) atoms. The van der Waals surface area contributed by atoms with Gasteiger partial charge in [0.05, 0.1) is 19.2 Å². The van der Waals surface area contributed by atoms with Crippen LogP contribution in [0.1, 0.15) is 39.5 Å². The lowest BCUT2D eigenvalue weighted by molar-refractivity contribution is -0.528. The number of nitrogens with zero attached hydrogens (tertiary/aromatic N) is 2. The molecule has 0 amide bonds. The molecular formula is C12H24B2N2-. The topological polar surface area (TPSA) is 8.81 Å². The molecule has 1 aromatic heterocycles. The molecule has 0 N–H and O–H groups in total. The summed E-state index contributed by atoms with van der Waals surface area (Å²) in [4.78, 5) is 0. The zero-order valence-electron chi connectivity index (χ0n) is 11.0. The normalized spacial score (nSPS) is 11.2. The Labute approximate surface area is 101 Å². The van der Waals surface area contributed by atoms with Crippen LogP contribution in [0, 0.1) is 0 Å². The summed E-state index contributed by atoms with van der Waals surface area (Å²) in [5.74, 6) is 0. The zero-order valence-corrected chi connectivity index (χ0v) is 11.0. The largest absolute Gasteiger partial charge is 0.500 e. The molecule has 0 bridgehead atoms. The van der Waals surface area contributed by atoms with E-state index in [1.807, 2.05) is 0 Å². The first kappa shape index (κ1) is 13.4. The first-order valence-corrected chi connectivity index (χ1v) is 6.69. The van der Waals surface area contributed by atoms with Crippen LogP contribution in [-0.2, 0) is 0 Å². The van der Waals surface area contributed by atoms with Gasteiger partial charge >= 0.3 is 0 Å². The van der Waals surface area contributed by atoms with Crippen molar-refractivity contribution in [2.45, 2.75) is 59.0 Å². The van der Waals surface area contributed by atoms with Gasteiger partial charge in [0.2, 0.25) is 0 Å². The highest BCUT2D eigenvalue weighted by Crippen LogP contribution is 2.02. The van der Waals surface area contributed by atoms with Crippen molar-refractivity contribution >= 4 is 14.3 Å². The lowest BCUT2D eigenvalue weighted by atomic mass is 9.60. The maximum Gasteiger partial charge on any atom is 0.142 e. The number of rotatable bonds is 8. The Balaban J connectivity index is 2.37. The van der Waals surface area contributed by atoms with E-state index in [2.05, 4.69) is 55.8 Å². The Hall–Kier alpha value is -0.660. The van der Waals surface area contributed by atoms with E-state index in [0.29, 0.717) is 6.85 Å². The van der Waals surface area contributed by atoms with Crippen molar-refractivity contribution in [1.82, 2.24) is 4.48 Å². The second-order valence-electron chi connectivity index (χ2n) is 4.62. The van der Waals surface area contributed by atoms with Gasteiger partial charge in [0.15, 0.2) is 0 Å². The van der Waals surface area contributed by atoms with Gasteiger partial charge in [0.1, 0.15) is 6.33 Å². The molecule has 0 atom stereocenters. The molecule has 0 aliphatic rings. The van der Waals surface area contributed by atoms with Crippen LogP contribution in [0.4, 0.5) is 0 Å². The number of imidazole rings is 1. The highest BCUT2D eigenvalue weighted by molar-refractivity contribution is 6.55. The van der Waals surface area contributed by atoms with Gasteiger partial charge in [-0.2, -0.15) is 19.5 Å². The molecule has 0 aliphatic heterocycles. The minimum absolute atomic E-state index is 0.626. The molecule has 2 nitrogen and oxygen atoms in total. The van der Waals surface area contributed by atoms with E-state index in [0.717, 1.165) is 0 Å². The number of hydrogen-bond acceptors (Lipinski definition) is 0. The van der Waals surface area contributed by atoms with E-state index < -0.39 is 0 Å². The second kappa shape index (κ2) is 7.59. The van der Waals surface area contributed by atoms with Crippen LogP contribution in [0.15, 0.2) is 18.7 Å². The first-order valence-electron chi connectivity index (χ1n) is 6.69. The van der Waals surface area contributed by atoms with E-state index in [-0.39, 0.29) is 0 Å². The average Bonchev–Trinajstić information content (AvgIpc) is 2.75. The average molecular weight is 218 g/mol. The summed E-state index contributed by atoms with van der Waals surface area (Å²) < 4.78 is 4.51. The molecule has 1 rings (SSSR count). The quantitative estimate of drug-likeness (QED) is 0.468. The number of hydrogen-bond donors (Lipinski definition) is 0.